The minimum Gasteiger partial charge on any atom is -0.172 e. The summed E-state index contributed by atoms with van der Waals surface area (Å²) >= 11 is 8.32. The fraction of sp³-hybridized carbons (Fsp3) is 0.0667. The third kappa shape index (κ3) is 2.36. The van der Waals surface area contributed by atoms with Crippen LogP contribution in [0.4, 0.5) is 0 Å². The van der Waals surface area contributed by atoms with Crippen LogP contribution in [0.25, 0.3) is 31.9 Å². The Labute approximate surface area is 142 Å². The predicted octanol–water partition coefficient (Wildman–Crippen LogP) is 6.22. The molecule has 0 aliphatic rings. The second-order valence-electron chi connectivity index (χ2n) is 4.64. The molecule has 3 heterocycles. The first-order chi connectivity index (χ1) is 10.2. The number of hydrogen-bond donors (Lipinski definition) is 0. The molecule has 1 aromatic carbocycles. The Morgan fingerprint density at radius 3 is 1.95 bits per heavy atom. The fourth-order valence-electron chi connectivity index (χ4n) is 2.30. The van der Waals surface area contributed by atoms with Crippen molar-refractivity contribution in [1.29, 1.82) is 0 Å². The van der Waals surface area contributed by atoms with E-state index in [1.165, 1.54) is 31.9 Å². The van der Waals surface area contributed by atoms with Crippen LogP contribution in [-0.4, -0.2) is 8.75 Å². The van der Waals surface area contributed by atoms with Crippen molar-refractivity contribution >= 4 is 61.4 Å². The van der Waals surface area contributed by atoms with E-state index in [4.69, 9.17) is 0 Å². The van der Waals surface area contributed by atoms with Gasteiger partial charge in [-0.2, -0.15) is 8.75 Å². The van der Waals surface area contributed by atoms with E-state index in [0.29, 0.717) is 0 Å². The van der Waals surface area contributed by atoms with E-state index in [0.717, 1.165) is 20.4 Å². The SMILES string of the molecule is Cc1ccc(-c2ccc(-c3ccc(Br)s3)c3nsnc23)s1. The van der Waals surface area contributed by atoms with Gasteiger partial charge in [0.05, 0.1) is 15.5 Å². The second kappa shape index (κ2) is 5.28. The van der Waals surface area contributed by atoms with E-state index >= 15 is 0 Å². The summed E-state index contributed by atoms with van der Waals surface area (Å²) in [6, 6.07) is 12.8. The van der Waals surface area contributed by atoms with Gasteiger partial charge in [0.25, 0.3) is 0 Å². The van der Waals surface area contributed by atoms with E-state index in [-0.39, 0.29) is 0 Å². The van der Waals surface area contributed by atoms with Crippen LogP contribution in [0.15, 0.2) is 40.2 Å². The van der Waals surface area contributed by atoms with Crippen LogP contribution >= 0.6 is 50.3 Å². The highest BCUT2D eigenvalue weighted by Crippen LogP contribution is 2.39. The van der Waals surface area contributed by atoms with Gasteiger partial charge in [-0.15, -0.1) is 22.7 Å². The van der Waals surface area contributed by atoms with Crippen molar-refractivity contribution in [2.24, 2.45) is 0 Å². The second-order valence-corrected chi connectivity index (χ2v) is 8.92. The van der Waals surface area contributed by atoms with Gasteiger partial charge in [0.2, 0.25) is 0 Å². The molecule has 2 nitrogen and oxygen atoms in total. The summed E-state index contributed by atoms with van der Waals surface area (Å²) in [6.45, 7) is 2.13. The van der Waals surface area contributed by atoms with Crippen molar-refractivity contribution in [1.82, 2.24) is 8.75 Å². The number of rotatable bonds is 2. The number of aryl methyl sites for hydroxylation is 1. The average Bonchev–Trinajstić information content (AvgIpc) is 3.18. The number of thiophene rings is 2. The maximum Gasteiger partial charge on any atom is 0.114 e. The van der Waals surface area contributed by atoms with Crippen LogP contribution in [0.2, 0.25) is 0 Å². The molecule has 4 aromatic rings. The summed E-state index contributed by atoms with van der Waals surface area (Å²) in [6.07, 6.45) is 0. The normalized spacial score (nSPS) is 11.3. The van der Waals surface area contributed by atoms with Crippen molar-refractivity contribution in [3.05, 3.63) is 45.1 Å². The van der Waals surface area contributed by atoms with Crippen LogP contribution in [0.3, 0.4) is 0 Å². The molecule has 0 amide bonds. The molecule has 4 rings (SSSR count). The first-order valence-electron chi connectivity index (χ1n) is 6.30. The highest BCUT2D eigenvalue weighted by Gasteiger charge is 2.15. The lowest BCUT2D eigenvalue weighted by atomic mass is 10.1. The molecular formula is C15H9BrN2S3. The Kier molecular flexibility index (Phi) is 3.41. The van der Waals surface area contributed by atoms with Gasteiger partial charge in [0, 0.05) is 25.8 Å². The van der Waals surface area contributed by atoms with Gasteiger partial charge in [-0.3, -0.25) is 0 Å². The Morgan fingerprint density at radius 1 is 0.810 bits per heavy atom. The van der Waals surface area contributed by atoms with Gasteiger partial charge in [0.15, 0.2) is 0 Å². The van der Waals surface area contributed by atoms with Gasteiger partial charge < -0.3 is 0 Å². The zero-order valence-corrected chi connectivity index (χ0v) is 15.0. The molecule has 0 saturated heterocycles. The van der Waals surface area contributed by atoms with Crippen molar-refractivity contribution < 1.29 is 0 Å². The van der Waals surface area contributed by atoms with Crippen molar-refractivity contribution in [2.45, 2.75) is 6.92 Å². The molecule has 104 valence electrons. The third-order valence-electron chi connectivity index (χ3n) is 3.26. The quantitative estimate of drug-likeness (QED) is 0.404. The summed E-state index contributed by atoms with van der Waals surface area (Å²) in [4.78, 5) is 3.78. The first-order valence-corrected chi connectivity index (χ1v) is 9.46. The molecule has 0 atom stereocenters. The zero-order chi connectivity index (χ0) is 14.4. The molecule has 6 heteroatoms. The Morgan fingerprint density at radius 2 is 1.43 bits per heavy atom. The van der Waals surface area contributed by atoms with E-state index < -0.39 is 0 Å². The van der Waals surface area contributed by atoms with E-state index in [9.17, 15) is 0 Å². The smallest absolute Gasteiger partial charge is 0.114 e. The molecular weight excluding hydrogens is 384 g/mol. The average molecular weight is 393 g/mol. The first kappa shape index (κ1) is 13.6. The molecule has 21 heavy (non-hydrogen) atoms. The molecule has 0 saturated carbocycles. The summed E-state index contributed by atoms with van der Waals surface area (Å²) in [5.74, 6) is 0. The Hall–Kier alpha value is -1.08. The van der Waals surface area contributed by atoms with Gasteiger partial charge in [-0.25, -0.2) is 0 Å². The highest BCUT2D eigenvalue weighted by atomic mass is 79.9. The number of benzene rings is 1. The van der Waals surface area contributed by atoms with Gasteiger partial charge in [-0.1, -0.05) is 12.1 Å². The maximum absolute atomic E-state index is 4.53. The van der Waals surface area contributed by atoms with E-state index in [1.807, 2.05) is 0 Å². The summed E-state index contributed by atoms with van der Waals surface area (Å²) < 4.78 is 10.2. The van der Waals surface area contributed by atoms with Crippen LogP contribution < -0.4 is 0 Å². The molecule has 0 unspecified atom stereocenters. The Bertz CT molecular complexity index is 861. The van der Waals surface area contributed by atoms with Crippen LogP contribution in [0.1, 0.15) is 4.88 Å². The number of halogens is 1. The topological polar surface area (TPSA) is 25.8 Å². The molecule has 0 N–H and O–H groups in total. The molecule has 0 aliphatic heterocycles. The van der Waals surface area contributed by atoms with Crippen LogP contribution in [0.5, 0.6) is 0 Å². The van der Waals surface area contributed by atoms with Crippen molar-refractivity contribution in [3.8, 4) is 20.9 Å². The maximum atomic E-state index is 4.53. The predicted molar refractivity (Wildman–Crippen MR) is 96.5 cm³/mol. The van der Waals surface area contributed by atoms with Gasteiger partial charge >= 0.3 is 0 Å². The lowest BCUT2D eigenvalue weighted by Gasteiger charge is -2.03. The fourth-order valence-corrected chi connectivity index (χ4v) is 5.18. The molecule has 0 aliphatic carbocycles. The van der Waals surface area contributed by atoms with Crippen molar-refractivity contribution in [3.63, 3.8) is 0 Å². The summed E-state index contributed by atoms with van der Waals surface area (Å²) in [5.41, 5.74) is 4.34. The summed E-state index contributed by atoms with van der Waals surface area (Å²) in [5, 5.41) is 0. The monoisotopic (exact) mass is 392 g/mol. The molecule has 3 aromatic heterocycles. The zero-order valence-electron chi connectivity index (χ0n) is 11.0. The number of fused-ring (bicyclic) bond motifs is 1. The number of hydrogen-bond acceptors (Lipinski definition) is 5. The van der Waals surface area contributed by atoms with E-state index in [1.54, 1.807) is 22.7 Å². The summed E-state index contributed by atoms with van der Waals surface area (Å²) in [7, 11) is 0. The minimum atomic E-state index is 0.998. The number of nitrogens with zero attached hydrogens (tertiary/aromatic N) is 2. The largest absolute Gasteiger partial charge is 0.172 e. The Balaban J connectivity index is 1.96. The number of aromatic nitrogens is 2. The van der Waals surface area contributed by atoms with Gasteiger partial charge in [0.1, 0.15) is 11.0 Å². The van der Waals surface area contributed by atoms with Crippen LogP contribution in [-0.2, 0) is 0 Å². The molecule has 0 fully saturated rings. The minimum absolute atomic E-state index is 0.998. The van der Waals surface area contributed by atoms with Gasteiger partial charge in [-0.05, 0) is 47.1 Å². The lowest BCUT2D eigenvalue weighted by Crippen LogP contribution is -1.81. The molecule has 0 spiro atoms. The van der Waals surface area contributed by atoms with Crippen molar-refractivity contribution in [2.75, 3.05) is 0 Å². The van der Waals surface area contributed by atoms with E-state index in [2.05, 4.69) is 68.0 Å². The third-order valence-corrected chi connectivity index (χ3v) is 6.48. The highest BCUT2D eigenvalue weighted by molar-refractivity contribution is 9.11. The van der Waals surface area contributed by atoms with Crippen LogP contribution in [0, 0.1) is 6.92 Å². The molecule has 0 bridgehead atoms. The standard InChI is InChI=1S/C15H9BrN2S3/c1-8-2-5-11(19-8)9-3-4-10(12-6-7-13(16)20-12)15-14(9)17-21-18-15/h2-7H,1H3. The molecule has 0 radical (unpaired) electrons. The lowest BCUT2D eigenvalue weighted by molar-refractivity contribution is 1.63.